The Morgan fingerprint density at radius 1 is 1.08 bits per heavy atom. The lowest BCUT2D eigenvalue weighted by Gasteiger charge is -2.40. The number of thiazole rings is 1. The number of halogens is 2. The van der Waals surface area contributed by atoms with Gasteiger partial charge in [0.2, 0.25) is 5.91 Å². The van der Waals surface area contributed by atoms with Crippen LogP contribution in [0.15, 0.2) is 66.7 Å². The Kier molecular flexibility index (Phi) is 6.28. The lowest BCUT2D eigenvalue weighted by atomic mass is 9.64. The second kappa shape index (κ2) is 9.64. The summed E-state index contributed by atoms with van der Waals surface area (Å²) in [6.07, 6.45) is 3.28. The van der Waals surface area contributed by atoms with Crippen LogP contribution in [-0.2, 0) is 16.6 Å². The van der Waals surface area contributed by atoms with Crippen molar-refractivity contribution in [1.29, 1.82) is 0 Å². The van der Waals surface area contributed by atoms with E-state index in [0.29, 0.717) is 23.1 Å². The smallest absolute Gasteiger partial charge is 0.261 e. The fourth-order valence-electron chi connectivity index (χ4n) is 5.42. The second-order valence-corrected chi connectivity index (χ2v) is 11.5. The summed E-state index contributed by atoms with van der Waals surface area (Å²) in [7, 11) is 0. The number of fused-ring (bicyclic) bond motifs is 1. The molecule has 0 atom stereocenters. The predicted molar refractivity (Wildman–Crippen MR) is 150 cm³/mol. The van der Waals surface area contributed by atoms with E-state index in [-0.39, 0.29) is 17.4 Å². The summed E-state index contributed by atoms with van der Waals surface area (Å²) >= 11 is 7.51. The number of rotatable bonds is 5. The summed E-state index contributed by atoms with van der Waals surface area (Å²) in [5.41, 5.74) is 4.04. The molecule has 192 valence electrons. The van der Waals surface area contributed by atoms with Gasteiger partial charge < -0.3 is 10.2 Å². The Balaban J connectivity index is 1.23. The summed E-state index contributed by atoms with van der Waals surface area (Å²) in [5, 5.41) is 4.29. The Labute approximate surface area is 229 Å². The van der Waals surface area contributed by atoms with Crippen molar-refractivity contribution in [3.05, 3.63) is 99.1 Å². The minimum absolute atomic E-state index is 0.0392. The van der Waals surface area contributed by atoms with E-state index >= 15 is 0 Å². The maximum atomic E-state index is 14.2. The molecule has 38 heavy (non-hydrogen) atoms. The lowest BCUT2D eigenvalue weighted by Crippen LogP contribution is -2.45. The third kappa shape index (κ3) is 4.20. The van der Waals surface area contributed by atoms with Crippen LogP contribution in [0.25, 0.3) is 11.3 Å². The monoisotopic (exact) mass is 545 g/mol. The molecule has 5 nitrogen and oxygen atoms in total. The largest absolute Gasteiger partial charge is 0.308 e. The molecule has 8 heteroatoms. The lowest BCUT2D eigenvalue weighted by molar-refractivity contribution is -0.124. The quantitative estimate of drug-likeness (QED) is 0.289. The highest BCUT2D eigenvalue weighted by atomic mass is 35.5. The first-order valence-electron chi connectivity index (χ1n) is 12.6. The average molecular weight is 546 g/mol. The summed E-state index contributed by atoms with van der Waals surface area (Å²) in [6, 6.07) is 19.5. The van der Waals surface area contributed by atoms with E-state index in [1.54, 1.807) is 17.0 Å². The summed E-state index contributed by atoms with van der Waals surface area (Å²) in [6.45, 7) is 2.48. The van der Waals surface area contributed by atoms with Gasteiger partial charge in [-0.1, -0.05) is 48.4 Å². The normalized spacial score (nSPS) is 15.6. The zero-order valence-corrected chi connectivity index (χ0v) is 22.3. The number of anilines is 2. The summed E-state index contributed by atoms with van der Waals surface area (Å²) < 4.78 is 14.2. The molecular weight excluding hydrogens is 521 g/mol. The molecule has 1 fully saturated rings. The Morgan fingerprint density at radius 3 is 2.55 bits per heavy atom. The molecule has 1 aliphatic heterocycles. The molecule has 1 aromatic heterocycles. The number of nitrogens with zero attached hydrogens (tertiary/aromatic N) is 2. The zero-order chi connectivity index (χ0) is 26.4. The zero-order valence-electron chi connectivity index (χ0n) is 20.8. The number of amides is 2. The van der Waals surface area contributed by atoms with Crippen LogP contribution in [0.4, 0.5) is 15.2 Å². The van der Waals surface area contributed by atoms with Gasteiger partial charge in [-0.15, -0.1) is 11.3 Å². The summed E-state index contributed by atoms with van der Waals surface area (Å²) in [5.74, 6) is -0.896. The summed E-state index contributed by atoms with van der Waals surface area (Å²) in [4.78, 5) is 33.8. The number of benzene rings is 3. The Hall–Kier alpha value is -3.55. The fourth-order valence-corrected chi connectivity index (χ4v) is 6.38. The maximum absolute atomic E-state index is 14.2. The molecule has 0 saturated heterocycles. The van der Waals surface area contributed by atoms with Crippen LogP contribution >= 0.6 is 22.9 Å². The first-order valence-corrected chi connectivity index (χ1v) is 13.8. The molecular formula is C30H25ClFN3O2S. The number of aromatic nitrogens is 1. The molecule has 1 saturated carbocycles. The van der Waals surface area contributed by atoms with Gasteiger partial charge in [0.05, 0.1) is 16.7 Å². The van der Waals surface area contributed by atoms with E-state index in [0.717, 1.165) is 52.2 Å². The molecule has 2 aliphatic rings. The minimum atomic E-state index is -0.549. The number of carbonyl (C=O) groups excluding carboxylic acids is 2. The highest BCUT2D eigenvalue weighted by Crippen LogP contribution is 2.45. The van der Waals surface area contributed by atoms with E-state index in [9.17, 15) is 14.0 Å². The van der Waals surface area contributed by atoms with Crippen LogP contribution in [0.5, 0.6) is 0 Å². The van der Waals surface area contributed by atoms with Gasteiger partial charge in [0.15, 0.2) is 5.13 Å². The molecule has 0 radical (unpaired) electrons. The van der Waals surface area contributed by atoms with E-state index in [4.69, 9.17) is 16.6 Å². The molecule has 0 spiro atoms. The van der Waals surface area contributed by atoms with Crippen LogP contribution < -0.4 is 10.2 Å². The molecule has 0 bridgehead atoms. The first-order chi connectivity index (χ1) is 18.4. The molecule has 1 N–H and O–H groups in total. The molecule has 2 amide bonds. The predicted octanol–water partition coefficient (Wildman–Crippen LogP) is 7.17. The van der Waals surface area contributed by atoms with Crippen LogP contribution in [0.2, 0.25) is 5.02 Å². The van der Waals surface area contributed by atoms with Crippen molar-refractivity contribution < 1.29 is 14.0 Å². The van der Waals surface area contributed by atoms with Gasteiger partial charge in [0, 0.05) is 27.7 Å². The van der Waals surface area contributed by atoms with Gasteiger partial charge in [-0.05, 0) is 73.7 Å². The third-order valence-corrected chi connectivity index (χ3v) is 8.79. The average Bonchev–Trinajstić information content (AvgIpc) is 3.47. The van der Waals surface area contributed by atoms with E-state index < -0.39 is 11.2 Å². The van der Waals surface area contributed by atoms with Crippen LogP contribution in [0.3, 0.4) is 0 Å². The first kappa shape index (κ1) is 24.8. The van der Waals surface area contributed by atoms with Crippen molar-refractivity contribution in [3.63, 3.8) is 0 Å². The minimum Gasteiger partial charge on any atom is -0.308 e. The second-order valence-electron chi connectivity index (χ2n) is 9.85. The number of hydrogen-bond donors (Lipinski definition) is 1. The molecule has 6 rings (SSSR count). The maximum Gasteiger partial charge on any atom is 0.261 e. The third-order valence-electron chi connectivity index (χ3n) is 7.65. The molecule has 0 unspecified atom stereocenters. The van der Waals surface area contributed by atoms with E-state index in [1.165, 1.54) is 23.5 Å². The van der Waals surface area contributed by atoms with Crippen LogP contribution in [-0.4, -0.2) is 23.3 Å². The standard InChI is InChI=1S/C30H25ClFN3O2S/c1-18-26(33-29(38-18)34-28(37)30(14-4-15-30)21-8-10-22(31)11-9-21)20-7-12-25-19(17-20)13-16-35(25)27(36)23-5-2-3-6-24(23)32/h2-3,5-12,17H,4,13-16H2,1H3,(H,33,34,37). The van der Waals surface area contributed by atoms with Crippen molar-refractivity contribution in [2.24, 2.45) is 0 Å². The molecule has 3 aromatic carbocycles. The van der Waals surface area contributed by atoms with Crippen molar-refractivity contribution in [3.8, 4) is 11.3 Å². The van der Waals surface area contributed by atoms with Crippen molar-refractivity contribution in [1.82, 2.24) is 4.98 Å². The fraction of sp³-hybridized carbons (Fsp3) is 0.233. The number of hydrogen-bond acceptors (Lipinski definition) is 4. The van der Waals surface area contributed by atoms with E-state index in [1.807, 2.05) is 49.4 Å². The number of nitrogens with one attached hydrogen (secondary N) is 1. The topological polar surface area (TPSA) is 62.3 Å². The Morgan fingerprint density at radius 2 is 1.84 bits per heavy atom. The molecule has 4 aromatic rings. The van der Waals surface area contributed by atoms with Gasteiger partial charge in [0.25, 0.3) is 5.91 Å². The highest BCUT2D eigenvalue weighted by Gasteiger charge is 2.46. The molecule has 2 heterocycles. The van der Waals surface area contributed by atoms with Crippen molar-refractivity contribution in [2.45, 2.75) is 38.0 Å². The van der Waals surface area contributed by atoms with Crippen molar-refractivity contribution in [2.75, 3.05) is 16.8 Å². The van der Waals surface area contributed by atoms with Gasteiger partial charge in [-0.25, -0.2) is 9.37 Å². The van der Waals surface area contributed by atoms with Gasteiger partial charge in [0.1, 0.15) is 5.82 Å². The van der Waals surface area contributed by atoms with Crippen molar-refractivity contribution >= 4 is 45.6 Å². The van der Waals surface area contributed by atoms with Gasteiger partial charge >= 0.3 is 0 Å². The van der Waals surface area contributed by atoms with E-state index in [2.05, 4.69) is 5.32 Å². The van der Waals surface area contributed by atoms with Crippen LogP contribution in [0, 0.1) is 12.7 Å². The van der Waals surface area contributed by atoms with Gasteiger partial charge in [-0.3, -0.25) is 9.59 Å². The SMILES string of the molecule is Cc1sc(NC(=O)C2(c3ccc(Cl)cc3)CCC2)nc1-c1ccc2c(c1)CCN2C(=O)c1ccccc1F. The number of carbonyl (C=O) groups is 2. The Bertz CT molecular complexity index is 1560. The van der Waals surface area contributed by atoms with Crippen LogP contribution in [0.1, 0.15) is 45.6 Å². The highest BCUT2D eigenvalue weighted by molar-refractivity contribution is 7.16. The number of aryl methyl sites for hydroxylation is 1. The van der Waals surface area contributed by atoms with Gasteiger partial charge in [-0.2, -0.15) is 0 Å². The molecule has 1 aliphatic carbocycles.